The zero-order chi connectivity index (χ0) is 94.4. The highest BCUT2D eigenvalue weighted by atomic mass is 35.5. The van der Waals surface area contributed by atoms with Gasteiger partial charge < -0.3 is 70.6 Å². The summed E-state index contributed by atoms with van der Waals surface area (Å²) in [5, 5.41) is 23.6. The van der Waals surface area contributed by atoms with Crippen molar-refractivity contribution in [3.05, 3.63) is 335 Å². The van der Waals surface area contributed by atoms with Gasteiger partial charge in [0.1, 0.15) is 33.4 Å². The molecular weight excluding hydrogens is 1730 g/mol. The van der Waals surface area contributed by atoms with Gasteiger partial charge in [-0.3, -0.25) is 34.1 Å². The number of nitrogens with two attached hydrogens (primary N) is 1. The molecule has 0 bridgehead atoms. The molecule has 0 spiro atoms. The van der Waals surface area contributed by atoms with Crippen LogP contribution in [-0.4, -0.2) is 209 Å². The van der Waals surface area contributed by atoms with Crippen molar-refractivity contribution in [3.8, 4) is 51.4 Å². The first kappa shape index (κ1) is 92.0. The van der Waals surface area contributed by atoms with Crippen molar-refractivity contribution in [2.45, 2.75) is 0 Å². The fourth-order valence-electron chi connectivity index (χ4n) is 15.4. The number of benzene rings is 9. The van der Waals surface area contributed by atoms with Crippen molar-refractivity contribution < 1.29 is 28.7 Å². The highest BCUT2D eigenvalue weighted by molar-refractivity contribution is 6.66. The number of piperazine rings is 3. The first-order chi connectivity index (χ1) is 64.9. The van der Waals surface area contributed by atoms with E-state index >= 15 is 0 Å². The molecule has 0 unspecified atom stereocenters. The lowest BCUT2D eigenvalue weighted by Gasteiger charge is -2.34. The van der Waals surface area contributed by atoms with Crippen molar-refractivity contribution in [2.75, 3.05) is 163 Å². The van der Waals surface area contributed by atoms with Gasteiger partial charge in [0, 0.05) is 156 Å². The maximum atomic E-state index is 14.1. The summed E-state index contributed by atoms with van der Waals surface area (Å²) in [4.78, 5) is 156. The number of hydrogen-bond acceptors (Lipinski definition) is 29. The number of carbonyl (C=O) groups is 2. The zero-order valence-corrected chi connectivity index (χ0v) is 74.6. The number of likely N-dealkylation sites (N-methyl/N-ethyl adjacent to an activating group) is 3. The summed E-state index contributed by atoms with van der Waals surface area (Å²) in [7, 11) is 11.1. The zero-order valence-electron chi connectivity index (χ0n) is 73.8. The Balaban J connectivity index is 0.000000149. The van der Waals surface area contributed by atoms with Gasteiger partial charge in [-0.25, -0.2) is 56.7 Å². The highest BCUT2D eigenvalue weighted by Crippen LogP contribution is 2.37. The molecule has 9 heterocycles. The van der Waals surface area contributed by atoms with Crippen LogP contribution in [0.4, 0.5) is 69.0 Å². The Morgan fingerprint density at radius 2 is 0.709 bits per heavy atom. The summed E-state index contributed by atoms with van der Waals surface area (Å²) in [6.07, 6.45) is 6.36. The molecule has 15 aromatic rings. The molecule has 6 N–H and O–H groups in total. The van der Waals surface area contributed by atoms with Crippen molar-refractivity contribution in [3.63, 3.8) is 0 Å². The van der Waals surface area contributed by atoms with Gasteiger partial charge in [0.15, 0.2) is 16.9 Å². The lowest BCUT2D eigenvalue weighted by atomic mass is 10.2. The Labute approximate surface area is 770 Å². The van der Waals surface area contributed by atoms with Crippen LogP contribution in [0.25, 0.3) is 67.2 Å². The first-order valence-corrected chi connectivity index (χ1v) is 42.7. The third kappa shape index (κ3) is 20.4. The SMILES string of the molecule is C=CC(=O)Cl.C=CC(=O)Nc1cccc(-n2c(=O)n(-c3ccccc3)c(=O)c3cnc(Nc4ccc(N5CCN(C)CC5)cc4OC)nc32)c1.COc1cc(N2CCN(C)CC2)ccc1Nc1ncc2c(=O)n(-c3ccccc3)c(=O)n(-c3cccc(N)c3)c2n1.COc1cc(N2CCN(C)CC2)ccc1Nc1ncc2c(=O)n(-c3ccccc3)c(=O)n(-c3cccc([N+](=O)[O-])c3)c2n1. The van der Waals surface area contributed by atoms with E-state index in [1.807, 2.05) is 60.7 Å². The Kier molecular flexibility index (Phi) is 28.4. The van der Waals surface area contributed by atoms with Crippen LogP contribution in [0.1, 0.15) is 0 Å². The smallest absolute Gasteiger partial charge is 0.341 e. The van der Waals surface area contributed by atoms with Gasteiger partial charge in [-0.2, -0.15) is 15.0 Å². The number of nitro benzene ring substituents is 1. The minimum atomic E-state index is -0.733. The molecule has 0 saturated carbocycles. The molecule has 9 aromatic carbocycles. The van der Waals surface area contributed by atoms with Crippen LogP contribution in [0.5, 0.6) is 17.2 Å². The van der Waals surface area contributed by atoms with Crippen LogP contribution < -0.4 is 89.7 Å². The number of hydrogen-bond donors (Lipinski definition) is 5. The third-order valence-corrected chi connectivity index (χ3v) is 22.6. The predicted molar refractivity (Wildman–Crippen MR) is 521 cm³/mol. The number of fused-ring (bicyclic) bond motifs is 3. The van der Waals surface area contributed by atoms with E-state index in [-0.39, 0.29) is 62.3 Å². The quantitative estimate of drug-likeness (QED) is 0.0138. The molecule has 6 aromatic heterocycles. The average Bonchev–Trinajstić information content (AvgIpc) is 0.750. The molecule has 1 amide bonds. The van der Waals surface area contributed by atoms with Crippen LogP contribution in [0.3, 0.4) is 0 Å². The number of carbonyl (C=O) groups excluding carboxylic acids is 2. The lowest BCUT2D eigenvalue weighted by molar-refractivity contribution is -0.384. The van der Waals surface area contributed by atoms with Crippen LogP contribution in [0, 0.1) is 10.1 Å². The minimum absolute atomic E-state index is 0.00629. The summed E-state index contributed by atoms with van der Waals surface area (Å²) in [6.45, 7) is 17.9. The second kappa shape index (κ2) is 41.3. The molecule has 0 atom stereocenters. The topological polar surface area (TPSA) is 408 Å². The second-order valence-electron chi connectivity index (χ2n) is 31.1. The van der Waals surface area contributed by atoms with Gasteiger partial charge in [-0.1, -0.05) is 86.0 Å². The Hall–Kier alpha value is -16.8. The fourth-order valence-corrected chi connectivity index (χ4v) is 15.4. The Bertz CT molecular complexity index is 7340. The van der Waals surface area contributed by atoms with E-state index in [2.05, 4.69) is 115 Å². The van der Waals surface area contributed by atoms with Crippen LogP contribution >= 0.6 is 11.6 Å². The predicted octanol–water partition coefficient (Wildman–Crippen LogP) is 10.9. The van der Waals surface area contributed by atoms with Gasteiger partial charge in [-0.15, -0.1) is 0 Å². The molecule has 3 saturated heterocycles. The number of halogens is 1. The van der Waals surface area contributed by atoms with Crippen molar-refractivity contribution in [1.29, 1.82) is 0 Å². The van der Waals surface area contributed by atoms with Crippen molar-refractivity contribution >= 4 is 125 Å². The number of anilines is 11. The van der Waals surface area contributed by atoms with Gasteiger partial charge in [0.05, 0.1) is 77.4 Å². The van der Waals surface area contributed by atoms with Gasteiger partial charge >= 0.3 is 17.1 Å². The molecule has 134 heavy (non-hydrogen) atoms. The molecule has 3 fully saturated rings. The number of methoxy groups -OCH3 is 3. The second-order valence-corrected chi connectivity index (χ2v) is 31.5. The summed E-state index contributed by atoms with van der Waals surface area (Å²) in [6, 6.07) is 62.6. The summed E-state index contributed by atoms with van der Waals surface area (Å²) >= 11 is 4.71. The van der Waals surface area contributed by atoms with E-state index in [0.29, 0.717) is 74.1 Å². The number of non-ortho nitro benzene ring substituents is 1. The normalized spacial score (nSPS) is 13.4. The van der Waals surface area contributed by atoms with Gasteiger partial charge in [0.2, 0.25) is 29.0 Å². The van der Waals surface area contributed by atoms with Gasteiger partial charge in [0.25, 0.3) is 22.4 Å². The third-order valence-electron chi connectivity index (χ3n) is 22.5. The largest absolute Gasteiger partial charge is 0.494 e. The van der Waals surface area contributed by atoms with Crippen LogP contribution in [0.2, 0.25) is 0 Å². The standard InChI is InChI=1S/C33H32N8O4.C30H28N8O5.C30H30N8O3.C3H3ClO/c1-4-29(42)35-22-9-8-12-25(19-22)40-30-26(31(43)41(33(40)44)23-10-6-5-7-11-23)21-34-32(37-30)36-27-14-13-24(20-28(27)45-3)39-17-15-38(2)16-18-39;1-34-13-15-35(16-14-34)21-11-12-25(26(18-21)43-2)32-29-31-19-24-27(33-29)36(22-9-6-10-23(17-22)38(41)42)30(40)37(28(24)39)20-7-4-3-5-8-20;1-35-13-15-36(16-14-35)22-11-12-25(26(18-22)41-2)33-29-32-19-24-27(34-29)37(23-10-6-7-20(31)17-23)30(40)38(28(24)39)21-8-4-3-5-9-21;1-2-3(4)5/h4-14,19-21H,1,15-18H2,2-3H3,(H,35,42)(H,34,36,37);3-12,17-19H,13-16H2,1-2H3,(H,31,32,33);3-12,17-19H,13-16,31H2,1-2H3,(H,32,33,34);2H,1H2. The molecule has 0 radical (unpaired) electrons. The molecule has 38 heteroatoms. The number of nitrogen functional groups attached to an aromatic ring is 1. The first-order valence-electron chi connectivity index (χ1n) is 42.3. The molecule has 0 aliphatic carbocycles. The molecule has 3 aliphatic rings. The van der Waals surface area contributed by atoms with Gasteiger partial charge in [-0.05, 0) is 160 Å². The Morgan fingerprint density at radius 3 is 1.02 bits per heavy atom. The number of para-hydroxylation sites is 3. The van der Waals surface area contributed by atoms with Crippen LogP contribution in [0.15, 0.2) is 291 Å². The molecule has 682 valence electrons. The summed E-state index contributed by atoms with van der Waals surface area (Å²) < 4.78 is 24.1. The van der Waals surface area contributed by atoms with E-state index in [1.165, 1.54) is 50.5 Å². The Morgan fingerprint density at radius 1 is 0.396 bits per heavy atom. The summed E-state index contributed by atoms with van der Waals surface area (Å²) in [5.74, 6) is 1.85. The number of nitrogens with zero attached hydrogens (tertiary/aromatic N) is 19. The van der Waals surface area contributed by atoms with Crippen LogP contribution in [-0.2, 0) is 9.59 Å². The highest BCUT2D eigenvalue weighted by Gasteiger charge is 2.27. The average molecular weight is 1830 g/mol. The van der Waals surface area contributed by atoms with E-state index < -0.39 is 49.8 Å². The van der Waals surface area contributed by atoms with E-state index in [4.69, 9.17) is 31.5 Å². The fraction of sp³-hybridized carbons (Fsp3) is 0.188. The maximum absolute atomic E-state index is 14.1. The number of aromatic nitrogens is 12. The van der Waals surface area contributed by atoms with E-state index in [9.17, 15) is 48.5 Å². The number of nitro groups is 1. The number of rotatable bonds is 22. The monoisotopic (exact) mass is 1820 g/mol. The number of amides is 1. The summed E-state index contributed by atoms with van der Waals surface area (Å²) in [5.41, 5.74) is 10.6. The maximum Gasteiger partial charge on any atom is 0.341 e. The molecule has 37 nitrogen and oxygen atoms in total. The molecule has 18 rings (SSSR count). The van der Waals surface area contributed by atoms with E-state index in [1.54, 1.807) is 161 Å². The number of allylic oxidation sites excluding steroid dienone is 1. The minimum Gasteiger partial charge on any atom is -0.494 e. The van der Waals surface area contributed by atoms with E-state index in [0.717, 1.165) is 121 Å². The number of ether oxygens (including phenoxy) is 3. The lowest BCUT2D eigenvalue weighted by Crippen LogP contribution is -2.44. The van der Waals surface area contributed by atoms with Crippen molar-refractivity contribution in [2.24, 2.45) is 0 Å². The number of nitrogens with one attached hydrogen (secondary N) is 4. The molecule has 3 aliphatic heterocycles. The van der Waals surface area contributed by atoms with Crippen molar-refractivity contribution in [1.82, 2.24) is 72.0 Å². The molecular formula is C96H93ClN24O13.